The first-order valence-electron chi connectivity index (χ1n) is 7.54. The molecule has 0 saturated carbocycles. The average Bonchev–Trinajstić information content (AvgIpc) is 2.73. The number of hydrogen-bond acceptors (Lipinski definition) is 2. The summed E-state index contributed by atoms with van der Waals surface area (Å²) in [6.07, 6.45) is 4.10. The normalized spacial score (nSPS) is 16.0. The Morgan fingerprint density at radius 2 is 1.70 bits per heavy atom. The molecular weight excluding hydrogens is 288 g/mol. The SMILES string of the molecule is C[N+]1=C(/C=C\c2ccc([N+](=O)[O-])cc2)C(C)(C)c2ccccc21. The molecule has 0 aliphatic carbocycles. The Hall–Kier alpha value is -2.75. The minimum atomic E-state index is -0.382. The van der Waals surface area contributed by atoms with Crippen molar-refractivity contribution in [3.8, 4) is 0 Å². The zero-order chi connectivity index (χ0) is 16.6. The second-order valence-electron chi connectivity index (χ2n) is 6.27. The Bertz CT molecular complexity index is 831. The lowest BCUT2D eigenvalue weighted by atomic mass is 9.81. The first-order chi connectivity index (χ1) is 10.9. The molecule has 0 atom stereocenters. The van der Waals surface area contributed by atoms with Crippen molar-refractivity contribution in [1.29, 1.82) is 0 Å². The number of nitro groups is 1. The molecule has 4 nitrogen and oxygen atoms in total. The predicted octanol–water partition coefficient (Wildman–Crippen LogP) is 4.31. The van der Waals surface area contributed by atoms with Gasteiger partial charge >= 0.3 is 0 Å². The highest BCUT2D eigenvalue weighted by atomic mass is 16.6. The number of benzene rings is 2. The van der Waals surface area contributed by atoms with Gasteiger partial charge in [-0.15, -0.1) is 0 Å². The number of hydrogen-bond donors (Lipinski definition) is 0. The van der Waals surface area contributed by atoms with Gasteiger partial charge in [-0.1, -0.05) is 18.2 Å². The van der Waals surface area contributed by atoms with Crippen molar-refractivity contribution in [3.05, 3.63) is 75.8 Å². The molecule has 0 saturated heterocycles. The van der Waals surface area contributed by atoms with Crippen LogP contribution in [-0.2, 0) is 5.41 Å². The maximum atomic E-state index is 10.7. The first kappa shape index (κ1) is 15.2. The summed E-state index contributed by atoms with van der Waals surface area (Å²) in [7, 11) is 2.07. The van der Waals surface area contributed by atoms with Crippen molar-refractivity contribution in [1.82, 2.24) is 0 Å². The van der Waals surface area contributed by atoms with Gasteiger partial charge in [0.05, 0.1) is 10.3 Å². The predicted molar refractivity (Wildman–Crippen MR) is 92.4 cm³/mol. The quantitative estimate of drug-likeness (QED) is 0.482. The summed E-state index contributed by atoms with van der Waals surface area (Å²) in [4.78, 5) is 10.3. The van der Waals surface area contributed by atoms with Crippen molar-refractivity contribution >= 4 is 23.2 Å². The largest absolute Gasteiger partial charge is 0.269 e. The monoisotopic (exact) mass is 307 g/mol. The Morgan fingerprint density at radius 1 is 1.04 bits per heavy atom. The molecule has 4 heteroatoms. The molecule has 3 rings (SSSR count). The van der Waals surface area contributed by atoms with E-state index in [0.29, 0.717) is 0 Å². The van der Waals surface area contributed by atoms with Gasteiger partial charge in [0.25, 0.3) is 5.69 Å². The summed E-state index contributed by atoms with van der Waals surface area (Å²) in [5.41, 5.74) is 4.73. The maximum absolute atomic E-state index is 10.7. The number of rotatable bonds is 3. The molecule has 1 aliphatic heterocycles. The molecule has 0 radical (unpaired) electrons. The molecule has 2 aromatic carbocycles. The highest BCUT2D eigenvalue weighted by molar-refractivity contribution is 6.05. The molecule has 2 aromatic rings. The van der Waals surface area contributed by atoms with Gasteiger partial charge in [-0.25, -0.2) is 0 Å². The van der Waals surface area contributed by atoms with Crippen LogP contribution >= 0.6 is 0 Å². The van der Waals surface area contributed by atoms with Crippen LogP contribution in [0.4, 0.5) is 11.4 Å². The summed E-state index contributed by atoms with van der Waals surface area (Å²) < 4.78 is 2.21. The van der Waals surface area contributed by atoms with Crippen molar-refractivity contribution in [2.24, 2.45) is 0 Å². The van der Waals surface area contributed by atoms with Crippen LogP contribution in [0, 0.1) is 10.1 Å². The summed E-state index contributed by atoms with van der Waals surface area (Å²) in [5.74, 6) is 0. The molecule has 0 fully saturated rings. The second-order valence-corrected chi connectivity index (χ2v) is 6.27. The van der Waals surface area contributed by atoms with E-state index in [1.165, 1.54) is 29.1 Å². The highest BCUT2D eigenvalue weighted by Gasteiger charge is 2.42. The van der Waals surface area contributed by atoms with Crippen molar-refractivity contribution < 1.29 is 9.50 Å². The lowest BCUT2D eigenvalue weighted by Gasteiger charge is -2.15. The number of allylic oxidation sites excluding steroid dienone is 1. The van der Waals surface area contributed by atoms with Gasteiger partial charge in [-0.05, 0) is 37.6 Å². The van der Waals surface area contributed by atoms with Crippen LogP contribution in [0.3, 0.4) is 0 Å². The van der Waals surface area contributed by atoms with E-state index in [0.717, 1.165) is 5.56 Å². The van der Waals surface area contributed by atoms with E-state index < -0.39 is 0 Å². The Labute approximate surface area is 135 Å². The third kappa shape index (κ3) is 2.57. The number of para-hydroxylation sites is 1. The van der Waals surface area contributed by atoms with Crippen LogP contribution < -0.4 is 0 Å². The summed E-state index contributed by atoms with van der Waals surface area (Å²) >= 11 is 0. The Morgan fingerprint density at radius 3 is 2.30 bits per heavy atom. The Balaban J connectivity index is 1.94. The van der Waals surface area contributed by atoms with Crippen LogP contribution in [0.15, 0.2) is 54.6 Å². The summed E-state index contributed by atoms with van der Waals surface area (Å²) in [6, 6.07) is 15.0. The van der Waals surface area contributed by atoms with Gasteiger partial charge in [0.1, 0.15) is 7.05 Å². The molecule has 0 bridgehead atoms. The van der Waals surface area contributed by atoms with E-state index in [2.05, 4.69) is 49.7 Å². The minimum Gasteiger partial charge on any atom is -0.258 e. The molecule has 1 aliphatic rings. The van der Waals surface area contributed by atoms with E-state index in [-0.39, 0.29) is 16.0 Å². The molecule has 116 valence electrons. The van der Waals surface area contributed by atoms with E-state index in [1.807, 2.05) is 12.1 Å². The van der Waals surface area contributed by atoms with Crippen molar-refractivity contribution in [2.75, 3.05) is 7.05 Å². The lowest BCUT2D eigenvalue weighted by molar-refractivity contribution is -0.401. The number of non-ortho nitro benzene ring substituents is 1. The molecule has 1 heterocycles. The Kier molecular flexibility index (Phi) is 3.60. The van der Waals surface area contributed by atoms with E-state index >= 15 is 0 Å². The number of fused-ring (bicyclic) bond motifs is 1. The molecule has 23 heavy (non-hydrogen) atoms. The molecule has 0 N–H and O–H groups in total. The topological polar surface area (TPSA) is 46.1 Å². The second kappa shape index (κ2) is 5.47. The first-order valence-corrected chi connectivity index (χ1v) is 7.54. The molecule has 0 amide bonds. The van der Waals surface area contributed by atoms with Gasteiger partial charge in [0.15, 0.2) is 5.71 Å². The van der Waals surface area contributed by atoms with Crippen LogP contribution in [0.2, 0.25) is 0 Å². The molecule has 0 spiro atoms. The van der Waals surface area contributed by atoms with Crippen LogP contribution in [-0.4, -0.2) is 22.3 Å². The molecular formula is C19H19N2O2+. The zero-order valence-electron chi connectivity index (χ0n) is 13.5. The van der Waals surface area contributed by atoms with Gasteiger partial charge in [-0.3, -0.25) is 10.1 Å². The average molecular weight is 307 g/mol. The van der Waals surface area contributed by atoms with Gasteiger partial charge in [0, 0.05) is 29.8 Å². The standard InChI is InChI=1S/C19H19N2O2/c1-19(2)16-6-4-5-7-17(16)20(3)18(19)13-10-14-8-11-15(12-9-14)21(22)23/h4-13H,1-3H3/q+1/b13-10-. The van der Waals surface area contributed by atoms with E-state index in [1.54, 1.807) is 12.1 Å². The zero-order valence-corrected chi connectivity index (χ0v) is 13.5. The fourth-order valence-corrected chi connectivity index (χ4v) is 3.18. The third-order valence-electron chi connectivity index (χ3n) is 4.48. The van der Waals surface area contributed by atoms with E-state index in [9.17, 15) is 10.1 Å². The fourth-order valence-electron chi connectivity index (χ4n) is 3.18. The van der Waals surface area contributed by atoms with Crippen LogP contribution in [0.5, 0.6) is 0 Å². The summed E-state index contributed by atoms with van der Waals surface area (Å²) in [5, 5.41) is 10.7. The minimum absolute atomic E-state index is 0.0668. The number of nitro benzene ring substituents is 1. The number of nitrogens with zero attached hydrogens (tertiary/aromatic N) is 2. The van der Waals surface area contributed by atoms with Crippen molar-refractivity contribution in [3.63, 3.8) is 0 Å². The van der Waals surface area contributed by atoms with Crippen LogP contribution in [0.25, 0.3) is 6.08 Å². The van der Waals surface area contributed by atoms with Gasteiger partial charge < -0.3 is 0 Å². The third-order valence-corrected chi connectivity index (χ3v) is 4.48. The van der Waals surface area contributed by atoms with Gasteiger partial charge in [0.2, 0.25) is 5.69 Å². The molecule has 0 unspecified atom stereocenters. The van der Waals surface area contributed by atoms with Crippen LogP contribution in [0.1, 0.15) is 25.0 Å². The van der Waals surface area contributed by atoms with E-state index in [4.69, 9.17) is 0 Å². The van der Waals surface area contributed by atoms with Gasteiger partial charge in [-0.2, -0.15) is 4.58 Å². The maximum Gasteiger partial charge on any atom is 0.269 e. The highest BCUT2D eigenvalue weighted by Crippen LogP contribution is 2.39. The summed E-state index contributed by atoms with van der Waals surface area (Å²) in [6.45, 7) is 4.43. The lowest BCUT2D eigenvalue weighted by Crippen LogP contribution is -2.26. The smallest absolute Gasteiger partial charge is 0.258 e. The van der Waals surface area contributed by atoms with Crippen molar-refractivity contribution in [2.45, 2.75) is 19.3 Å². The molecule has 0 aromatic heterocycles. The fraction of sp³-hybridized carbons (Fsp3) is 0.211.